The van der Waals surface area contributed by atoms with E-state index in [4.69, 9.17) is 11.5 Å². The first-order chi connectivity index (χ1) is 6.30. The average molecular weight is 198 g/mol. The normalized spacial score (nSPS) is 14.7. The second-order valence-corrected chi connectivity index (χ2v) is 3.99. The van der Waals surface area contributed by atoms with Crippen LogP contribution in [0, 0.1) is 0 Å². The molecule has 0 aromatic carbocycles. The zero-order chi connectivity index (χ0) is 11.2. The molecule has 80 valence electrons. The predicted octanol–water partition coefficient (Wildman–Crippen LogP) is 0.666. The van der Waals surface area contributed by atoms with Crippen molar-refractivity contribution < 1.29 is 4.79 Å². The Morgan fingerprint density at radius 1 is 1.50 bits per heavy atom. The Balaban J connectivity index is 0.000000292. The van der Waals surface area contributed by atoms with E-state index in [1.165, 1.54) is 4.90 Å². The van der Waals surface area contributed by atoms with E-state index in [-0.39, 0.29) is 5.54 Å². The van der Waals surface area contributed by atoms with Gasteiger partial charge in [-0.2, -0.15) is 0 Å². The Morgan fingerprint density at radius 2 is 2.00 bits per heavy atom. The second-order valence-electron chi connectivity index (χ2n) is 3.99. The van der Waals surface area contributed by atoms with E-state index in [2.05, 4.69) is 4.99 Å². The molecule has 1 heterocycles. The summed E-state index contributed by atoms with van der Waals surface area (Å²) in [5, 5.41) is 0. The number of hydrogen-bond donors (Lipinski definition) is 2. The van der Waals surface area contributed by atoms with Gasteiger partial charge in [0.15, 0.2) is 0 Å². The van der Waals surface area contributed by atoms with Gasteiger partial charge in [-0.1, -0.05) is 0 Å². The van der Waals surface area contributed by atoms with Gasteiger partial charge in [0.05, 0.1) is 0 Å². The largest absolute Gasteiger partial charge is 0.351 e. The van der Waals surface area contributed by atoms with Crippen LogP contribution in [0.25, 0.3) is 0 Å². The summed E-state index contributed by atoms with van der Waals surface area (Å²) >= 11 is 0. The van der Waals surface area contributed by atoms with Crippen molar-refractivity contribution in [3.8, 4) is 0 Å². The Bertz CT molecular complexity index is 234. The van der Waals surface area contributed by atoms with Crippen LogP contribution in [0.1, 0.15) is 20.8 Å². The van der Waals surface area contributed by atoms with Gasteiger partial charge in [0, 0.05) is 18.0 Å². The van der Waals surface area contributed by atoms with Crippen molar-refractivity contribution in [3.63, 3.8) is 0 Å². The van der Waals surface area contributed by atoms with Gasteiger partial charge in [-0.15, -0.1) is 0 Å². The lowest BCUT2D eigenvalue weighted by molar-refractivity contribution is 0.225. The summed E-state index contributed by atoms with van der Waals surface area (Å²) in [5.74, 6) is 0. The lowest BCUT2D eigenvalue weighted by Crippen LogP contribution is -2.32. The molecule has 0 bridgehead atoms. The highest BCUT2D eigenvalue weighted by Gasteiger charge is 2.04. The molecule has 0 unspecified atom stereocenters. The standard InChI is InChI=1S/C5H7N3O.C4H11N/c6-5(9)8-3-1-2-7-4-8;1-4(2,3)5/h1-3H,4H2,(H2,6,9);5H2,1-3H3. The second kappa shape index (κ2) is 5.39. The summed E-state index contributed by atoms with van der Waals surface area (Å²) in [6.07, 6.45) is 4.88. The lowest BCUT2D eigenvalue weighted by Gasteiger charge is -2.13. The number of urea groups is 1. The van der Waals surface area contributed by atoms with E-state index in [9.17, 15) is 4.79 Å². The molecular weight excluding hydrogens is 180 g/mol. The molecule has 4 N–H and O–H groups in total. The third-order valence-electron chi connectivity index (χ3n) is 0.975. The monoisotopic (exact) mass is 198 g/mol. The molecule has 14 heavy (non-hydrogen) atoms. The molecule has 0 radical (unpaired) electrons. The fourth-order valence-corrected chi connectivity index (χ4v) is 0.529. The molecule has 2 amide bonds. The summed E-state index contributed by atoms with van der Waals surface area (Å²) < 4.78 is 0. The molecule has 1 aliphatic rings. The first-order valence-corrected chi connectivity index (χ1v) is 4.32. The van der Waals surface area contributed by atoms with E-state index in [1.54, 1.807) is 18.5 Å². The molecule has 0 aliphatic carbocycles. The van der Waals surface area contributed by atoms with Crippen LogP contribution >= 0.6 is 0 Å². The summed E-state index contributed by atoms with van der Waals surface area (Å²) in [4.78, 5) is 15.5. The van der Waals surface area contributed by atoms with E-state index in [0.29, 0.717) is 6.67 Å². The van der Waals surface area contributed by atoms with Crippen molar-refractivity contribution in [3.05, 3.63) is 12.3 Å². The van der Waals surface area contributed by atoms with E-state index in [1.807, 2.05) is 20.8 Å². The molecule has 0 spiro atoms. The number of carbonyl (C=O) groups excluding carboxylic acids is 1. The van der Waals surface area contributed by atoms with Crippen molar-refractivity contribution in [2.24, 2.45) is 16.5 Å². The van der Waals surface area contributed by atoms with Crippen molar-refractivity contribution in [1.82, 2.24) is 4.90 Å². The molecule has 1 aliphatic heterocycles. The fraction of sp³-hybridized carbons (Fsp3) is 0.556. The maximum absolute atomic E-state index is 10.4. The van der Waals surface area contributed by atoms with Gasteiger partial charge >= 0.3 is 6.03 Å². The fourth-order valence-electron chi connectivity index (χ4n) is 0.529. The van der Waals surface area contributed by atoms with Gasteiger partial charge in [0.2, 0.25) is 0 Å². The summed E-state index contributed by atoms with van der Waals surface area (Å²) in [7, 11) is 0. The minimum atomic E-state index is -0.469. The molecule has 5 heteroatoms. The van der Waals surface area contributed by atoms with Crippen LogP contribution in [-0.4, -0.2) is 29.4 Å². The highest BCUT2D eigenvalue weighted by atomic mass is 16.2. The van der Waals surface area contributed by atoms with Crippen LogP contribution in [0.3, 0.4) is 0 Å². The Morgan fingerprint density at radius 3 is 2.21 bits per heavy atom. The quantitative estimate of drug-likeness (QED) is 0.599. The van der Waals surface area contributed by atoms with Gasteiger partial charge in [-0.3, -0.25) is 9.89 Å². The van der Waals surface area contributed by atoms with E-state index in [0.717, 1.165) is 0 Å². The van der Waals surface area contributed by atoms with Gasteiger partial charge in [0.25, 0.3) is 0 Å². The smallest absolute Gasteiger partial charge is 0.320 e. The van der Waals surface area contributed by atoms with Crippen LogP contribution in [-0.2, 0) is 0 Å². The number of allylic oxidation sites excluding steroid dienone is 1. The number of rotatable bonds is 0. The molecule has 5 nitrogen and oxygen atoms in total. The molecule has 0 saturated heterocycles. The molecule has 0 aromatic rings. The van der Waals surface area contributed by atoms with Gasteiger partial charge < -0.3 is 11.5 Å². The molecule has 0 saturated carbocycles. The molecule has 0 fully saturated rings. The average Bonchev–Trinajstić information content (AvgIpc) is 2.03. The Hall–Kier alpha value is -1.36. The number of primary amides is 1. The van der Waals surface area contributed by atoms with Gasteiger partial charge in [-0.05, 0) is 26.8 Å². The van der Waals surface area contributed by atoms with Crippen LogP contribution in [0.5, 0.6) is 0 Å². The number of hydrogen-bond acceptors (Lipinski definition) is 3. The SMILES string of the molecule is CC(C)(C)N.NC(=O)N1C=CC=NC1. The minimum absolute atomic E-state index is 0. The predicted molar refractivity (Wildman–Crippen MR) is 57.9 cm³/mol. The van der Waals surface area contributed by atoms with Crippen LogP contribution in [0.2, 0.25) is 0 Å². The molecular formula is C9H18N4O. The van der Waals surface area contributed by atoms with Crippen molar-refractivity contribution in [2.75, 3.05) is 6.67 Å². The Labute approximate surface area is 84.5 Å². The van der Waals surface area contributed by atoms with Gasteiger partial charge in [0.1, 0.15) is 6.67 Å². The van der Waals surface area contributed by atoms with Crippen molar-refractivity contribution in [2.45, 2.75) is 26.3 Å². The number of carbonyl (C=O) groups is 1. The molecule has 1 rings (SSSR count). The zero-order valence-electron chi connectivity index (χ0n) is 8.90. The topological polar surface area (TPSA) is 84.7 Å². The summed E-state index contributed by atoms with van der Waals surface area (Å²) in [6, 6.07) is -0.469. The number of nitrogens with two attached hydrogens (primary N) is 2. The number of aliphatic imine (C=N–C) groups is 1. The maximum atomic E-state index is 10.4. The van der Waals surface area contributed by atoms with Crippen molar-refractivity contribution >= 4 is 12.2 Å². The third kappa shape index (κ3) is 8.73. The summed E-state index contributed by atoms with van der Waals surface area (Å²) in [6.45, 7) is 6.23. The van der Waals surface area contributed by atoms with Crippen molar-refractivity contribution in [1.29, 1.82) is 0 Å². The zero-order valence-corrected chi connectivity index (χ0v) is 8.90. The number of nitrogens with zero attached hydrogens (tertiary/aromatic N) is 2. The minimum Gasteiger partial charge on any atom is -0.351 e. The van der Waals surface area contributed by atoms with Gasteiger partial charge in [-0.25, -0.2) is 4.79 Å². The highest BCUT2D eigenvalue weighted by molar-refractivity contribution is 5.78. The lowest BCUT2D eigenvalue weighted by atomic mass is 10.1. The third-order valence-corrected chi connectivity index (χ3v) is 0.975. The molecule has 0 aromatic heterocycles. The molecule has 0 atom stereocenters. The first kappa shape index (κ1) is 12.6. The van der Waals surface area contributed by atoms with Crippen LogP contribution in [0.4, 0.5) is 4.79 Å². The van der Waals surface area contributed by atoms with E-state index >= 15 is 0 Å². The maximum Gasteiger partial charge on any atom is 0.320 e. The van der Waals surface area contributed by atoms with Crippen LogP contribution < -0.4 is 11.5 Å². The van der Waals surface area contributed by atoms with E-state index < -0.39 is 6.03 Å². The highest BCUT2D eigenvalue weighted by Crippen LogP contribution is 1.92. The first-order valence-electron chi connectivity index (χ1n) is 4.32. The summed E-state index contributed by atoms with van der Waals surface area (Å²) in [5.41, 5.74) is 10.3. The van der Waals surface area contributed by atoms with Crippen LogP contribution in [0.15, 0.2) is 17.3 Å². The Kier molecular flexibility index (Phi) is 4.86. The number of amides is 2.